The van der Waals surface area contributed by atoms with Gasteiger partial charge in [-0.25, -0.2) is 0 Å². The number of carbonyl (C=O) groups excluding carboxylic acids is 2. The van der Waals surface area contributed by atoms with E-state index in [1.165, 1.54) is 0 Å². The van der Waals surface area contributed by atoms with E-state index < -0.39 is 5.91 Å². The van der Waals surface area contributed by atoms with Crippen LogP contribution in [0.2, 0.25) is 0 Å². The predicted octanol–water partition coefficient (Wildman–Crippen LogP) is 2.69. The zero-order valence-corrected chi connectivity index (χ0v) is 13.4. The van der Waals surface area contributed by atoms with Gasteiger partial charge in [-0.15, -0.1) is 0 Å². The van der Waals surface area contributed by atoms with E-state index in [9.17, 15) is 14.7 Å². The zero-order chi connectivity index (χ0) is 17.0. The van der Waals surface area contributed by atoms with Gasteiger partial charge < -0.3 is 15.7 Å². The van der Waals surface area contributed by atoms with E-state index in [1.54, 1.807) is 30.3 Å². The van der Waals surface area contributed by atoms with Gasteiger partial charge in [-0.2, -0.15) is 0 Å². The molecule has 0 aliphatic rings. The minimum atomic E-state index is -0.401. The van der Waals surface area contributed by atoms with E-state index in [0.29, 0.717) is 11.3 Å². The van der Waals surface area contributed by atoms with E-state index in [2.05, 4.69) is 10.6 Å². The normalized spacial score (nSPS) is 10.2. The number of nitrogens with one attached hydrogen (secondary N) is 2. The molecule has 0 heterocycles. The standard InChI is InChI=1S/C18H20N2O3/c1-11-4-5-15(16(21)9-11)20-17(22)10-19-18(23)14-7-12(2)6-13(3)8-14/h4-9,21H,10H2,1-3H3,(H,19,23)(H,20,22). The quantitative estimate of drug-likeness (QED) is 0.760. The first-order valence-electron chi connectivity index (χ1n) is 7.31. The number of hydrogen-bond donors (Lipinski definition) is 3. The molecule has 0 atom stereocenters. The number of carbonyl (C=O) groups is 2. The monoisotopic (exact) mass is 312 g/mol. The van der Waals surface area contributed by atoms with Crippen molar-refractivity contribution in [3.63, 3.8) is 0 Å². The Labute approximate surface area is 135 Å². The molecule has 2 amide bonds. The molecule has 0 saturated carbocycles. The van der Waals surface area contributed by atoms with Crippen LogP contribution in [-0.2, 0) is 4.79 Å². The molecule has 120 valence electrons. The molecular formula is C18H20N2O3. The highest BCUT2D eigenvalue weighted by Crippen LogP contribution is 2.23. The number of benzene rings is 2. The Bertz CT molecular complexity index is 734. The molecule has 0 aliphatic carbocycles. The van der Waals surface area contributed by atoms with Gasteiger partial charge >= 0.3 is 0 Å². The summed E-state index contributed by atoms with van der Waals surface area (Å²) in [7, 11) is 0. The van der Waals surface area contributed by atoms with Crippen LogP contribution >= 0.6 is 0 Å². The lowest BCUT2D eigenvalue weighted by molar-refractivity contribution is -0.115. The van der Waals surface area contributed by atoms with Crippen LogP contribution in [0.4, 0.5) is 5.69 Å². The third kappa shape index (κ3) is 4.57. The average Bonchev–Trinajstić information content (AvgIpc) is 2.46. The van der Waals surface area contributed by atoms with Crippen LogP contribution in [0.15, 0.2) is 36.4 Å². The molecular weight excluding hydrogens is 292 g/mol. The molecule has 0 saturated heterocycles. The van der Waals surface area contributed by atoms with Crippen molar-refractivity contribution >= 4 is 17.5 Å². The second kappa shape index (κ2) is 6.96. The Hall–Kier alpha value is -2.82. The molecule has 0 radical (unpaired) electrons. The van der Waals surface area contributed by atoms with E-state index >= 15 is 0 Å². The Balaban J connectivity index is 1.94. The van der Waals surface area contributed by atoms with Crippen molar-refractivity contribution in [2.24, 2.45) is 0 Å². The van der Waals surface area contributed by atoms with E-state index in [1.807, 2.05) is 26.8 Å². The summed E-state index contributed by atoms with van der Waals surface area (Å²) in [6.45, 7) is 5.50. The number of phenolic OH excluding ortho intramolecular Hbond substituents is 1. The lowest BCUT2D eigenvalue weighted by atomic mass is 10.1. The number of rotatable bonds is 4. The fourth-order valence-corrected chi connectivity index (χ4v) is 2.31. The van der Waals surface area contributed by atoms with Crippen LogP contribution in [0.5, 0.6) is 5.75 Å². The summed E-state index contributed by atoms with van der Waals surface area (Å²) >= 11 is 0. The first-order chi connectivity index (χ1) is 10.8. The topological polar surface area (TPSA) is 78.4 Å². The second-order valence-corrected chi connectivity index (χ2v) is 5.63. The molecule has 0 aliphatic heterocycles. The molecule has 2 aromatic rings. The van der Waals surface area contributed by atoms with Crippen LogP contribution in [0.1, 0.15) is 27.0 Å². The fraction of sp³-hybridized carbons (Fsp3) is 0.222. The van der Waals surface area contributed by atoms with Crippen LogP contribution in [-0.4, -0.2) is 23.5 Å². The molecule has 2 aromatic carbocycles. The molecule has 0 spiro atoms. The van der Waals surface area contributed by atoms with Crippen LogP contribution in [0, 0.1) is 20.8 Å². The van der Waals surface area contributed by atoms with Gasteiger partial charge in [0.15, 0.2) is 0 Å². The minimum Gasteiger partial charge on any atom is -0.506 e. The van der Waals surface area contributed by atoms with Crippen molar-refractivity contribution < 1.29 is 14.7 Å². The summed E-state index contributed by atoms with van der Waals surface area (Å²) in [5.41, 5.74) is 3.71. The maximum Gasteiger partial charge on any atom is 0.251 e. The lowest BCUT2D eigenvalue weighted by Crippen LogP contribution is -2.32. The Morgan fingerprint density at radius 3 is 2.22 bits per heavy atom. The number of aromatic hydroxyl groups is 1. The summed E-state index contributed by atoms with van der Waals surface area (Å²) in [5.74, 6) is -0.707. The smallest absolute Gasteiger partial charge is 0.251 e. The van der Waals surface area contributed by atoms with Crippen molar-refractivity contribution in [3.05, 3.63) is 58.7 Å². The Morgan fingerprint density at radius 1 is 0.957 bits per heavy atom. The van der Waals surface area contributed by atoms with Gasteiger partial charge in [-0.05, 0) is 50.6 Å². The molecule has 0 bridgehead atoms. The third-order valence-electron chi connectivity index (χ3n) is 3.32. The summed E-state index contributed by atoms with van der Waals surface area (Å²) in [6.07, 6.45) is 0. The van der Waals surface area contributed by atoms with Crippen molar-refractivity contribution in [2.75, 3.05) is 11.9 Å². The number of aryl methyl sites for hydroxylation is 3. The number of anilines is 1. The molecule has 5 heteroatoms. The van der Waals surface area contributed by atoms with E-state index in [0.717, 1.165) is 16.7 Å². The van der Waals surface area contributed by atoms with Crippen LogP contribution in [0.25, 0.3) is 0 Å². The highest BCUT2D eigenvalue weighted by atomic mass is 16.3. The molecule has 3 N–H and O–H groups in total. The van der Waals surface area contributed by atoms with Crippen LogP contribution in [0.3, 0.4) is 0 Å². The van der Waals surface area contributed by atoms with Gasteiger partial charge in [-0.3, -0.25) is 9.59 Å². The molecule has 0 unspecified atom stereocenters. The second-order valence-electron chi connectivity index (χ2n) is 5.63. The van der Waals surface area contributed by atoms with Gasteiger partial charge in [0.2, 0.25) is 5.91 Å². The van der Waals surface area contributed by atoms with Crippen LogP contribution < -0.4 is 10.6 Å². The summed E-state index contributed by atoms with van der Waals surface area (Å²) in [5, 5.41) is 14.9. The Morgan fingerprint density at radius 2 is 1.61 bits per heavy atom. The van der Waals surface area contributed by atoms with Crippen molar-refractivity contribution in [1.82, 2.24) is 5.32 Å². The summed E-state index contributed by atoms with van der Waals surface area (Å²) in [4.78, 5) is 24.0. The largest absolute Gasteiger partial charge is 0.506 e. The van der Waals surface area contributed by atoms with Gasteiger partial charge in [0, 0.05) is 5.56 Å². The summed E-state index contributed by atoms with van der Waals surface area (Å²) < 4.78 is 0. The van der Waals surface area contributed by atoms with Gasteiger partial charge in [0.05, 0.1) is 12.2 Å². The zero-order valence-electron chi connectivity index (χ0n) is 13.4. The summed E-state index contributed by atoms with van der Waals surface area (Å²) in [6, 6.07) is 10.5. The van der Waals surface area contributed by atoms with Crippen molar-refractivity contribution in [3.8, 4) is 5.75 Å². The van der Waals surface area contributed by atoms with Crippen molar-refractivity contribution in [2.45, 2.75) is 20.8 Å². The maximum absolute atomic E-state index is 12.1. The highest BCUT2D eigenvalue weighted by Gasteiger charge is 2.10. The highest BCUT2D eigenvalue weighted by molar-refractivity contribution is 6.00. The lowest BCUT2D eigenvalue weighted by Gasteiger charge is -2.09. The number of amides is 2. The van der Waals surface area contributed by atoms with Crippen molar-refractivity contribution in [1.29, 1.82) is 0 Å². The molecule has 0 fully saturated rings. The molecule has 2 rings (SSSR count). The first kappa shape index (κ1) is 16.5. The molecule has 23 heavy (non-hydrogen) atoms. The molecule has 0 aromatic heterocycles. The molecule has 5 nitrogen and oxygen atoms in total. The van der Waals surface area contributed by atoms with E-state index in [-0.39, 0.29) is 18.2 Å². The minimum absolute atomic E-state index is 0.000939. The predicted molar refractivity (Wildman–Crippen MR) is 89.7 cm³/mol. The Kier molecular flexibility index (Phi) is 5.01. The SMILES string of the molecule is Cc1cc(C)cc(C(=O)NCC(=O)Nc2ccc(C)cc2O)c1. The van der Waals surface area contributed by atoms with Gasteiger partial charge in [0.25, 0.3) is 5.91 Å². The van der Waals surface area contributed by atoms with Gasteiger partial charge in [-0.1, -0.05) is 23.3 Å². The van der Waals surface area contributed by atoms with E-state index in [4.69, 9.17) is 0 Å². The third-order valence-corrected chi connectivity index (χ3v) is 3.32. The fourth-order valence-electron chi connectivity index (χ4n) is 2.31. The first-order valence-corrected chi connectivity index (χ1v) is 7.31. The number of phenols is 1. The maximum atomic E-state index is 12.1. The average molecular weight is 312 g/mol. The number of hydrogen-bond acceptors (Lipinski definition) is 3. The van der Waals surface area contributed by atoms with Gasteiger partial charge in [0.1, 0.15) is 5.75 Å².